The Morgan fingerprint density at radius 1 is 1.00 bits per heavy atom. The maximum atomic E-state index is 14.6. The minimum Gasteiger partial charge on any atom is -0.444 e. The van der Waals surface area contributed by atoms with Gasteiger partial charge in [-0.15, -0.1) is 10.2 Å². The van der Waals surface area contributed by atoms with E-state index in [4.69, 9.17) is 9.15 Å². The van der Waals surface area contributed by atoms with Crippen LogP contribution in [0.4, 0.5) is 9.18 Å². The Bertz CT molecular complexity index is 1370. The predicted molar refractivity (Wildman–Crippen MR) is 153 cm³/mol. The molecular weight excluding hydrogens is 541 g/mol. The van der Waals surface area contributed by atoms with Crippen LogP contribution in [0, 0.1) is 0 Å². The summed E-state index contributed by atoms with van der Waals surface area (Å²) in [7, 11) is 0. The monoisotopic (exact) mass is 579 g/mol. The van der Waals surface area contributed by atoms with Gasteiger partial charge in [-0.1, -0.05) is 68.4 Å². The number of ether oxygens (including phenoxy) is 1. The maximum absolute atomic E-state index is 14.6. The van der Waals surface area contributed by atoms with Gasteiger partial charge in [0.05, 0.1) is 19.1 Å². The van der Waals surface area contributed by atoms with Crippen molar-refractivity contribution in [1.29, 1.82) is 0 Å². The number of amides is 3. The second-order valence-corrected chi connectivity index (χ2v) is 11.7. The fourth-order valence-electron chi connectivity index (χ4n) is 4.75. The summed E-state index contributed by atoms with van der Waals surface area (Å²) in [5.74, 6) is -0.521. The molecule has 0 spiro atoms. The normalized spacial score (nSPS) is 17.6. The number of carbonyl (C=O) groups is 3. The number of alkyl halides is 1. The quantitative estimate of drug-likeness (QED) is 0.379. The number of carbonyl (C=O) groups excluding carboxylic acids is 3. The Morgan fingerprint density at radius 3 is 2.26 bits per heavy atom. The molecule has 3 aromatic rings. The molecule has 1 aliphatic rings. The van der Waals surface area contributed by atoms with Crippen molar-refractivity contribution in [3.05, 3.63) is 83.1 Å². The van der Waals surface area contributed by atoms with Gasteiger partial charge in [0, 0.05) is 6.42 Å². The van der Waals surface area contributed by atoms with E-state index in [1.807, 2.05) is 54.6 Å². The summed E-state index contributed by atoms with van der Waals surface area (Å²) < 4.78 is 25.3. The largest absolute Gasteiger partial charge is 0.444 e. The van der Waals surface area contributed by atoms with Crippen molar-refractivity contribution in [2.75, 3.05) is 6.54 Å². The Labute approximate surface area is 245 Å². The van der Waals surface area contributed by atoms with Crippen LogP contribution in [0.5, 0.6) is 0 Å². The molecule has 11 heteroatoms. The summed E-state index contributed by atoms with van der Waals surface area (Å²) in [6, 6.07) is 16.1. The van der Waals surface area contributed by atoms with Crippen LogP contribution in [0.15, 0.2) is 59.0 Å². The van der Waals surface area contributed by atoms with Crippen molar-refractivity contribution in [3.63, 3.8) is 0 Å². The van der Waals surface area contributed by atoms with Crippen LogP contribution >= 0.6 is 0 Å². The van der Waals surface area contributed by atoms with Gasteiger partial charge in [-0.3, -0.25) is 9.59 Å². The molecule has 1 fully saturated rings. The Morgan fingerprint density at radius 2 is 1.62 bits per heavy atom. The Balaban J connectivity index is 1.43. The van der Waals surface area contributed by atoms with E-state index in [0.717, 1.165) is 11.1 Å². The highest BCUT2D eigenvalue weighted by Gasteiger charge is 2.41. The van der Waals surface area contributed by atoms with Crippen molar-refractivity contribution >= 4 is 17.9 Å². The molecule has 0 bridgehead atoms. The molecule has 3 atom stereocenters. The number of nitrogens with one attached hydrogen (secondary N) is 2. The molecule has 4 rings (SSSR count). The summed E-state index contributed by atoms with van der Waals surface area (Å²) in [6.07, 6.45) is -2.42. The SMILES string of the molecule is CC(C)c1ccc(C(NC(=O)C2CC(F)CN2C(=O)Cc2nnc(CNC(=O)OC(C)(C)C)o2)c2ccccc2)cc1. The molecule has 3 unspecified atom stereocenters. The highest BCUT2D eigenvalue weighted by Crippen LogP contribution is 2.27. The fourth-order valence-corrected chi connectivity index (χ4v) is 4.75. The number of nitrogens with zero attached hydrogens (tertiary/aromatic N) is 3. The minimum absolute atomic E-state index is 0.00476. The second-order valence-electron chi connectivity index (χ2n) is 11.7. The standard InChI is InChI=1S/C31H38FN5O5/c1-19(2)20-11-13-22(14-12-20)28(21-9-7-6-8-10-21)34-29(39)24-15-23(32)18-37(24)27(38)16-25-35-36-26(41-25)17-33-30(40)42-31(3,4)5/h6-14,19,23-24,28H,15-18H2,1-5H3,(H,33,40)(H,34,39). The molecular formula is C31H38FN5O5. The number of benzene rings is 2. The molecule has 0 radical (unpaired) electrons. The number of aromatic nitrogens is 2. The lowest BCUT2D eigenvalue weighted by Gasteiger charge is -2.27. The van der Waals surface area contributed by atoms with Gasteiger partial charge >= 0.3 is 6.09 Å². The van der Waals surface area contributed by atoms with Crippen molar-refractivity contribution in [1.82, 2.24) is 25.7 Å². The third-order valence-corrected chi connectivity index (χ3v) is 6.82. The van der Waals surface area contributed by atoms with Crippen LogP contribution < -0.4 is 10.6 Å². The van der Waals surface area contributed by atoms with E-state index >= 15 is 0 Å². The highest BCUT2D eigenvalue weighted by molar-refractivity contribution is 5.89. The van der Waals surface area contributed by atoms with Gasteiger partial charge in [-0.25, -0.2) is 9.18 Å². The van der Waals surface area contributed by atoms with E-state index in [9.17, 15) is 18.8 Å². The molecule has 2 heterocycles. The van der Waals surface area contributed by atoms with Crippen LogP contribution in [0.1, 0.15) is 81.5 Å². The van der Waals surface area contributed by atoms with Crippen molar-refractivity contribution in [2.45, 2.75) is 83.8 Å². The first-order chi connectivity index (χ1) is 19.9. The number of hydrogen-bond donors (Lipinski definition) is 2. The molecule has 0 saturated carbocycles. The molecule has 3 amide bonds. The smallest absolute Gasteiger partial charge is 0.408 e. The maximum Gasteiger partial charge on any atom is 0.408 e. The van der Waals surface area contributed by atoms with E-state index in [1.165, 1.54) is 10.5 Å². The number of alkyl carbamates (subject to hydrolysis) is 1. The first kappa shape index (κ1) is 30.7. The van der Waals surface area contributed by atoms with Crippen LogP contribution in [-0.4, -0.2) is 57.4 Å². The first-order valence-electron chi connectivity index (χ1n) is 14.1. The van der Waals surface area contributed by atoms with Crippen LogP contribution in [0.25, 0.3) is 0 Å². The molecule has 1 aliphatic heterocycles. The van der Waals surface area contributed by atoms with E-state index in [1.54, 1.807) is 20.8 Å². The zero-order valence-corrected chi connectivity index (χ0v) is 24.6. The Kier molecular flexibility index (Phi) is 9.59. The molecule has 1 saturated heterocycles. The molecule has 2 N–H and O–H groups in total. The average Bonchev–Trinajstić information content (AvgIpc) is 3.56. The number of rotatable bonds is 9. The van der Waals surface area contributed by atoms with Gasteiger partial charge in [-0.05, 0) is 43.4 Å². The van der Waals surface area contributed by atoms with Crippen LogP contribution in [0.3, 0.4) is 0 Å². The summed E-state index contributed by atoms with van der Waals surface area (Å²) in [4.78, 5) is 39.9. The van der Waals surface area contributed by atoms with Gasteiger partial charge in [0.15, 0.2) is 0 Å². The molecule has 224 valence electrons. The minimum atomic E-state index is -1.35. The summed E-state index contributed by atoms with van der Waals surface area (Å²) in [5.41, 5.74) is 2.26. The van der Waals surface area contributed by atoms with E-state index < -0.39 is 41.8 Å². The lowest BCUT2D eigenvalue weighted by molar-refractivity contribution is -0.138. The highest BCUT2D eigenvalue weighted by atomic mass is 19.1. The van der Waals surface area contributed by atoms with Crippen LogP contribution in [0.2, 0.25) is 0 Å². The first-order valence-corrected chi connectivity index (χ1v) is 14.1. The van der Waals surface area contributed by atoms with Crippen molar-refractivity contribution in [2.24, 2.45) is 0 Å². The zero-order valence-electron chi connectivity index (χ0n) is 24.6. The van der Waals surface area contributed by atoms with Gasteiger partial charge in [0.2, 0.25) is 23.6 Å². The third-order valence-electron chi connectivity index (χ3n) is 6.82. The molecule has 42 heavy (non-hydrogen) atoms. The van der Waals surface area contributed by atoms with Crippen molar-refractivity contribution < 1.29 is 27.9 Å². The van der Waals surface area contributed by atoms with Crippen molar-refractivity contribution in [3.8, 4) is 0 Å². The molecule has 0 aliphatic carbocycles. The van der Waals surface area contributed by atoms with Gasteiger partial charge in [0.25, 0.3) is 0 Å². The second kappa shape index (κ2) is 13.1. The Hall–Kier alpha value is -4.28. The summed E-state index contributed by atoms with van der Waals surface area (Å²) >= 11 is 0. The third kappa shape index (κ3) is 8.14. The summed E-state index contributed by atoms with van der Waals surface area (Å²) in [5, 5.41) is 13.3. The van der Waals surface area contributed by atoms with E-state index in [-0.39, 0.29) is 37.7 Å². The van der Waals surface area contributed by atoms with Gasteiger partial charge < -0.3 is 24.7 Å². The number of halogens is 1. The summed E-state index contributed by atoms with van der Waals surface area (Å²) in [6.45, 7) is 9.14. The lowest BCUT2D eigenvalue weighted by atomic mass is 9.95. The fraction of sp³-hybridized carbons (Fsp3) is 0.452. The topological polar surface area (TPSA) is 127 Å². The van der Waals surface area contributed by atoms with Gasteiger partial charge in [-0.2, -0.15) is 0 Å². The lowest BCUT2D eigenvalue weighted by Crippen LogP contribution is -2.47. The number of hydrogen-bond acceptors (Lipinski definition) is 7. The van der Waals surface area contributed by atoms with E-state index in [2.05, 4.69) is 34.7 Å². The molecule has 10 nitrogen and oxygen atoms in total. The molecule has 2 aromatic carbocycles. The van der Waals surface area contributed by atoms with Gasteiger partial charge in [0.1, 0.15) is 24.2 Å². The predicted octanol–water partition coefficient (Wildman–Crippen LogP) is 4.61. The number of likely N-dealkylation sites (tertiary alicyclic amines) is 1. The van der Waals surface area contributed by atoms with Crippen LogP contribution in [-0.2, 0) is 27.3 Å². The zero-order chi connectivity index (χ0) is 30.4. The average molecular weight is 580 g/mol. The molecule has 1 aromatic heterocycles. The van der Waals surface area contributed by atoms with E-state index in [0.29, 0.717) is 5.92 Å².